The normalized spacial score (nSPS) is 25.2. The summed E-state index contributed by atoms with van der Waals surface area (Å²) < 4.78 is 45.1. The fraction of sp³-hybridized carbons (Fsp3) is 0.538. The average molecular weight is 289 g/mol. The zero-order valence-corrected chi connectivity index (χ0v) is 11.5. The molecule has 1 aromatic rings. The summed E-state index contributed by atoms with van der Waals surface area (Å²) in [4.78, 5) is -0.365. The van der Waals surface area contributed by atoms with E-state index in [2.05, 4.69) is 0 Å². The molecule has 2 rings (SSSR count). The maximum Gasteiger partial charge on any atom is 0.144 e. The van der Waals surface area contributed by atoms with Gasteiger partial charge in [-0.25, -0.2) is 8.78 Å². The highest BCUT2D eigenvalue weighted by molar-refractivity contribution is 7.85. The van der Waals surface area contributed by atoms with Crippen molar-refractivity contribution in [1.29, 1.82) is 0 Å². The van der Waals surface area contributed by atoms with E-state index in [1.54, 1.807) is 7.11 Å². The summed E-state index contributed by atoms with van der Waals surface area (Å²) in [6.45, 7) is 0. The Labute approximate surface area is 113 Å². The zero-order chi connectivity index (χ0) is 14.0. The Hall–Kier alpha value is -1.01. The van der Waals surface area contributed by atoms with Crippen molar-refractivity contribution in [3.05, 3.63) is 23.8 Å². The van der Waals surface area contributed by atoms with Gasteiger partial charge in [0.15, 0.2) is 0 Å². The van der Waals surface area contributed by atoms with Crippen LogP contribution < -0.4 is 5.73 Å². The summed E-state index contributed by atoms with van der Waals surface area (Å²) >= 11 is 0. The molecule has 0 aromatic heterocycles. The minimum Gasteiger partial charge on any atom is -0.399 e. The van der Waals surface area contributed by atoms with Crippen molar-refractivity contribution in [3.63, 3.8) is 0 Å². The molecule has 1 aliphatic rings. The van der Waals surface area contributed by atoms with Crippen LogP contribution >= 0.6 is 0 Å². The van der Waals surface area contributed by atoms with Crippen molar-refractivity contribution < 1.29 is 17.7 Å². The number of rotatable bonds is 3. The van der Waals surface area contributed by atoms with Gasteiger partial charge in [0.05, 0.1) is 16.9 Å². The fourth-order valence-corrected chi connectivity index (χ4v) is 4.05. The Morgan fingerprint density at radius 1 is 1.32 bits per heavy atom. The van der Waals surface area contributed by atoms with E-state index in [9.17, 15) is 13.0 Å². The largest absolute Gasteiger partial charge is 0.399 e. The lowest BCUT2D eigenvalue weighted by atomic mass is 9.97. The van der Waals surface area contributed by atoms with Crippen LogP contribution in [0.3, 0.4) is 0 Å². The van der Waals surface area contributed by atoms with Gasteiger partial charge >= 0.3 is 0 Å². The van der Waals surface area contributed by atoms with Crippen LogP contribution in [0.1, 0.15) is 25.7 Å². The van der Waals surface area contributed by atoms with Crippen LogP contribution in [0, 0.1) is 11.6 Å². The number of nitrogens with two attached hydrogens (primary N) is 1. The third kappa shape index (κ3) is 3.12. The SMILES string of the molecule is COC1CCCC(S(=O)c2c(F)cc(N)cc2F)C1. The standard InChI is InChI=1S/C13H17F2NO2S/c1-18-9-3-2-4-10(7-9)19(17)13-11(14)5-8(16)6-12(13)15/h5-6,9-10H,2-4,7,16H2,1H3. The van der Waals surface area contributed by atoms with Gasteiger partial charge in [0.25, 0.3) is 0 Å². The van der Waals surface area contributed by atoms with E-state index in [1.807, 2.05) is 0 Å². The summed E-state index contributed by atoms with van der Waals surface area (Å²) in [6, 6.07) is 2.01. The first-order valence-corrected chi connectivity index (χ1v) is 7.42. The molecule has 0 spiro atoms. The molecule has 1 aromatic carbocycles. The second kappa shape index (κ2) is 5.96. The van der Waals surface area contributed by atoms with E-state index >= 15 is 0 Å². The molecule has 3 nitrogen and oxygen atoms in total. The highest BCUT2D eigenvalue weighted by Crippen LogP contribution is 2.30. The van der Waals surface area contributed by atoms with E-state index in [1.165, 1.54) is 0 Å². The molecule has 0 amide bonds. The lowest BCUT2D eigenvalue weighted by Crippen LogP contribution is -2.29. The molecule has 3 atom stereocenters. The monoisotopic (exact) mass is 289 g/mol. The van der Waals surface area contributed by atoms with Crippen LogP contribution in [0.15, 0.2) is 17.0 Å². The van der Waals surface area contributed by atoms with Gasteiger partial charge in [-0.1, -0.05) is 0 Å². The van der Waals surface area contributed by atoms with Gasteiger partial charge in [0.2, 0.25) is 0 Å². The summed E-state index contributed by atoms with van der Waals surface area (Å²) in [5.41, 5.74) is 5.35. The summed E-state index contributed by atoms with van der Waals surface area (Å²) in [7, 11) is -0.112. The number of anilines is 1. The van der Waals surface area contributed by atoms with Gasteiger partial charge in [-0.2, -0.15) is 0 Å². The number of hydrogen-bond donors (Lipinski definition) is 1. The lowest BCUT2D eigenvalue weighted by molar-refractivity contribution is 0.0725. The molecule has 2 N–H and O–H groups in total. The molecule has 19 heavy (non-hydrogen) atoms. The maximum atomic E-state index is 13.8. The molecular formula is C13H17F2NO2S. The first-order chi connectivity index (χ1) is 9.02. The summed E-state index contributed by atoms with van der Waals surface area (Å²) in [5, 5.41) is -0.272. The number of benzene rings is 1. The predicted octanol–water partition coefficient (Wildman–Crippen LogP) is 2.61. The summed E-state index contributed by atoms with van der Waals surface area (Å²) in [6.07, 6.45) is 3.02. The molecule has 0 aliphatic heterocycles. The van der Waals surface area contributed by atoms with Crippen molar-refractivity contribution in [3.8, 4) is 0 Å². The Morgan fingerprint density at radius 3 is 2.53 bits per heavy atom. The van der Waals surface area contributed by atoms with Crippen molar-refractivity contribution in [2.24, 2.45) is 0 Å². The van der Waals surface area contributed by atoms with Crippen LogP contribution in [0.25, 0.3) is 0 Å². The lowest BCUT2D eigenvalue weighted by Gasteiger charge is -2.27. The second-order valence-electron chi connectivity index (χ2n) is 4.76. The van der Waals surface area contributed by atoms with Gasteiger partial charge in [0, 0.05) is 18.0 Å². The second-order valence-corrected chi connectivity index (χ2v) is 6.43. The average Bonchev–Trinajstić information content (AvgIpc) is 2.37. The molecule has 3 unspecified atom stereocenters. The Bertz CT molecular complexity index is 473. The van der Waals surface area contributed by atoms with Crippen LogP contribution in [0.2, 0.25) is 0 Å². The van der Waals surface area contributed by atoms with Crippen LogP contribution in [0.4, 0.5) is 14.5 Å². The first kappa shape index (κ1) is 14.4. The van der Waals surface area contributed by atoms with Crippen LogP contribution in [0.5, 0.6) is 0 Å². The number of hydrogen-bond acceptors (Lipinski definition) is 3. The Morgan fingerprint density at radius 2 is 1.95 bits per heavy atom. The van der Waals surface area contributed by atoms with Crippen molar-refractivity contribution in [1.82, 2.24) is 0 Å². The van der Waals surface area contributed by atoms with E-state index in [-0.39, 0.29) is 21.9 Å². The highest BCUT2D eigenvalue weighted by Gasteiger charge is 2.30. The number of nitrogen functional groups attached to an aromatic ring is 1. The van der Waals surface area contributed by atoms with E-state index in [4.69, 9.17) is 10.5 Å². The Kier molecular flexibility index (Phi) is 4.52. The van der Waals surface area contributed by atoms with Crippen molar-refractivity contribution >= 4 is 16.5 Å². The van der Waals surface area contributed by atoms with Crippen LogP contribution in [-0.4, -0.2) is 22.7 Å². The van der Waals surface area contributed by atoms with Crippen molar-refractivity contribution in [2.75, 3.05) is 12.8 Å². The maximum absolute atomic E-state index is 13.8. The van der Waals surface area contributed by atoms with Gasteiger partial charge in [0.1, 0.15) is 16.5 Å². The van der Waals surface area contributed by atoms with Crippen LogP contribution in [-0.2, 0) is 15.5 Å². The minimum absolute atomic E-state index is 0.00541. The van der Waals surface area contributed by atoms with Gasteiger partial charge in [-0.3, -0.25) is 4.21 Å². The minimum atomic E-state index is -1.71. The molecule has 0 heterocycles. The van der Waals surface area contributed by atoms with E-state index in [0.29, 0.717) is 12.8 Å². The first-order valence-electron chi connectivity index (χ1n) is 6.20. The predicted molar refractivity (Wildman–Crippen MR) is 70.2 cm³/mol. The number of ether oxygens (including phenoxy) is 1. The molecule has 0 radical (unpaired) electrons. The molecule has 1 aliphatic carbocycles. The molecule has 1 fully saturated rings. The quantitative estimate of drug-likeness (QED) is 0.870. The topological polar surface area (TPSA) is 52.3 Å². The molecule has 0 bridgehead atoms. The smallest absolute Gasteiger partial charge is 0.144 e. The van der Waals surface area contributed by atoms with Crippen molar-refractivity contribution in [2.45, 2.75) is 41.9 Å². The van der Waals surface area contributed by atoms with E-state index < -0.39 is 22.4 Å². The van der Waals surface area contributed by atoms with Gasteiger partial charge in [-0.05, 0) is 37.8 Å². The zero-order valence-electron chi connectivity index (χ0n) is 10.7. The van der Waals surface area contributed by atoms with Gasteiger partial charge in [-0.15, -0.1) is 0 Å². The number of methoxy groups -OCH3 is 1. The Balaban J connectivity index is 2.24. The number of halogens is 2. The molecule has 0 saturated heterocycles. The molecule has 6 heteroatoms. The molecule has 106 valence electrons. The third-order valence-corrected chi connectivity index (χ3v) is 5.26. The third-order valence-electron chi connectivity index (χ3n) is 3.44. The summed E-state index contributed by atoms with van der Waals surface area (Å²) in [5.74, 6) is -1.68. The van der Waals surface area contributed by atoms with Gasteiger partial charge < -0.3 is 10.5 Å². The molecular weight excluding hydrogens is 272 g/mol. The highest BCUT2D eigenvalue weighted by atomic mass is 32.2. The fourth-order valence-electron chi connectivity index (χ4n) is 2.45. The molecule has 1 saturated carbocycles. The van der Waals surface area contributed by atoms with E-state index in [0.717, 1.165) is 25.0 Å².